The number of amides is 1. The Kier molecular flexibility index (Phi) is 7.42. The second-order valence-corrected chi connectivity index (χ2v) is 13.9. The van der Waals surface area contributed by atoms with Crippen molar-refractivity contribution >= 4 is 28.3 Å². The highest BCUT2D eigenvalue weighted by atomic mass is 32.1. The Hall–Kier alpha value is -3.39. The zero-order valence-electron chi connectivity index (χ0n) is 24.6. The Labute approximate surface area is 240 Å². The first-order valence-corrected chi connectivity index (χ1v) is 14.8. The van der Waals surface area contributed by atoms with Crippen LogP contribution in [-0.2, 0) is 22.2 Å². The molecule has 0 aliphatic carbocycles. The first-order valence-electron chi connectivity index (χ1n) is 14.0. The van der Waals surface area contributed by atoms with Gasteiger partial charge in [-0.1, -0.05) is 53.7 Å². The van der Waals surface area contributed by atoms with E-state index in [0.29, 0.717) is 19.0 Å². The Morgan fingerprint density at radius 1 is 1.05 bits per heavy atom. The fraction of sp³-hybridized carbons (Fsp3) is 0.469. The Bertz CT molecular complexity index is 1560. The van der Waals surface area contributed by atoms with E-state index < -0.39 is 0 Å². The van der Waals surface area contributed by atoms with Crippen molar-refractivity contribution < 1.29 is 9.53 Å². The molecule has 0 atom stereocenters. The summed E-state index contributed by atoms with van der Waals surface area (Å²) >= 11 is 1.76. The van der Waals surface area contributed by atoms with Gasteiger partial charge in [0.1, 0.15) is 17.3 Å². The minimum absolute atomic E-state index is 0.0158. The minimum atomic E-state index is -0.246. The number of carbonyl (C=O) groups is 1. The number of methoxy groups -OCH3 is 1. The summed E-state index contributed by atoms with van der Waals surface area (Å²) in [6.45, 7) is 14.7. The third-order valence-corrected chi connectivity index (χ3v) is 9.11. The van der Waals surface area contributed by atoms with Gasteiger partial charge in [-0.3, -0.25) is 9.36 Å². The van der Waals surface area contributed by atoms with E-state index in [2.05, 4.69) is 58.7 Å². The van der Waals surface area contributed by atoms with Crippen LogP contribution in [0.2, 0.25) is 0 Å². The summed E-state index contributed by atoms with van der Waals surface area (Å²) in [5.74, 6) is 1.32. The van der Waals surface area contributed by atoms with Crippen molar-refractivity contribution in [1.29, 1.82) is 0 Å². The first kappa shape index (κ1) is 28.1. The fourth-order valence-electron chi connectivity index (χ4n) is 5.61. The molecule has 1 aliphatic rings. The molecule has 8 heteroatoms. The van der Waals surface area contributed by atoms with Crippen LogP contribution in [0.15, 0.2) is 47.4 Å². The third-order valence-electron chi connectivity index (χ3n) is 7.90. The number of rotatable bonds is 5. The number of H-pyrrole nitrogens is 1. The number of fused-ring (bicyclic) bond motifs is 1. The van der Waals surface area contributed by atoms with Crippen LogP contribution < -0.4 is 10.4 Å². The average molecular weight is 561 g/mol. The van der Waals surface area contributed by atoms with E-state index >= 15 is 0 Å². The number of hydrogen-bond acceptors (Lipinski definition) is 5. The molecule has 0 spiro atoms. The molecule has 7 nitrogen and oxygen atoms in total. The molecule has 4 aromatic rings. The number of hydrogen-bond donors (Lipinski definition) is 1. The van der Waals surface area contributed by atoms with Crippen LogP contribution in [0, 0.1) is 0 Å². The van der Waals surface area contributed by atoms with Crippen molar-refractivity contribution in [2.24, 2.45) is 0 Å². The molecule has 2 aromatic heterocycles. The molecule has 1 N–H and O–H groups in total. The summed E-state index contributed by atoms with van der Waals surface area (Å²) in [4.78, 5) is 36.4. The van der Waals surface area contributed by atoms with Crippen LogP contribution in [-0.4, -0.2) is 45.5 Å². The smallest absolute Gasteiger partial charge is 0.326 e. The summed E-state index contributed by atoms with van der Waals surface area (Å²) < 4.78 is 7.47. The van der Waals surface area contributed by atoms with Gasteiger partial charge in [0, 0.05) is 40.9 Å². The van der Waals surface area contributed by atoms with E-state index in [0.717, 1.165) is 40.2 Å². The van der Waals surface area contributed by atoms with Crippen molar-refractivity contribution in [3.63, 3.8) is 0 Å². The Balaban J connectivity index is 1.32. The number of para-hydroxylation sites is 2. The first-order chi connectivity index (χ1) is 18.9. The average Bonchev–Trinajstić information content (AvgIpc) is 3.52. The molecular weight excluding hydrogens is 520 g/mol. The van der Waals surface area contributed by atoms with Crippen molar-refractivity contribution in [3.05, 3.63) is 69.1 Å². The molecule has 1 amide bonds. The molecule has 1 fully saturated rings. The maximum absolute atomic E-state index is 13.1. The van der Waals surface area contributed by atoms with Crippen LogP contribution in [0.3, 0.4) is 0 Å². The molecule has 0 unspecified atom stereocenters. The van der Waals surface area contributed by atoms with E-state index in [1.54, 1.807) is 18.4 Å². The number of carbonyl (C=O) groups excluding carboxylic acids is 1. The maximum atomic E-state index is 13.1. The summed E-state index contributed by atoms with van der Waals surface area (Å²) in [6, 6.07) is 12.0. The summed E-state index contributed by atoms with van der Waals surface area (Å²) in [5, 5.41) is 1.02. The van der Waals surface area contributed by atoms with E-state index in [4.69, 9.17) is 9.72 Å². The van der Waals surface area contributed by atoms with Gasteiger partial charge in [0.05, 0.1) is 18.1 Å². The van der Waals surface area contributed by atoms with Crippen LogP contribution in [0.25, 0.3) is 21.6 Å². The molecule has 0 bridgehead atoms. The van der Waals surface area contributed by atoms with Gasteiger partial charge in [0.25, 0.3) is 0 Å². The number of piperidine rings is 1. The van der Waals surface area contributed by atoms with E-state index in [1.165, 1.54) is 20.6 Å². The van der Waals surface area contributed by atoms with Gasteiger partial charge in [0.15, 0.2) is 0 Å². The molecule has 2 aromatic carbocycles. The fourth-order valence-corrected chi connectivity index (χ4v) is 6.68. The largest absolute Gasteiger partial charge is 0.496 e. The molecular formula is C32H40N4O3S. The normalized spacial score (nSPS) is 15.1. The van der Waals surface area contributed by atoms with Gasteiger partial charge in [-0.15, -0.1) is 11.3 Å². The van der Waals surface area contributed by atoms with E-state index in [-0.39, 0.29) is 29.0 Å². The number of nitrogens with one attached hydrogen (secondary N) is 1. The number of aromatic amines is 1. The number of ether oxygens (including phenoxy) is 1. The molecule has 5 rings (SSSR count). The van der Waals surface area contributed by atoms with Crippen LogP contribution in [0.1, 0.15) is 76.3 Å². The Morgan fingerprint density at radius 3 is 2.27 bits per heavy atom. The number of thiazole rings is 1. The maximum Gasteiger partial charge on any atom is 0.326 e. The van der Waals surface area contributed by atoms with Crippen LogP contribution in [0.5, 0.6) is 5.75 Å². The lowest BCUT2D eigenvalue weighted by atomic mass is 9.78. The van der Waals surface area contributed by atoms with Gasteiger partial charge in [-0.25, -0.2) is 9.78 Å². The lowest BCUT2D eigenvalue weighted by Gasteiger charge is -2.31. The summed E-state index contributed by atoms with van der Waals surface area (Å²) in [6.07, 6.45) is 3.80. The SMILES string of the molecule is COc1c(C(C)(C)C)cc(-c2ncc(C3CCN(C(=O)Cn4c(=O)[nH]c5ccccc54)CC3)s2)cc1C(C)(C)C. The predicted octanol–water partition coefficient (Wildman–Crippen LogP) is 6.46. The molecule has 1 aliphatic heterocycles. The third kappa shape index (κ3) is 5.46. The molecule has 40 heavy (non-hydrogen) atoms. The number of imidazole rings is 1. The molecule has 0 radical (unpaired) electrons. The minimum Gasteiger partial charge on any atom is -0.496 e. The summed E-state index contributed by atoms with van der Waals surface area (Å²) in [5.41, 5.74) is 4.63. The quantitative estimate of drug-likeness (QED) is 0.304. The zero-order chi connectivity index (χ0) is 28.8. The molecule has 1 saturated heterocycles. The van der Waals surface area contributed by atoms with Gasteiger partial charge in [-0.05, 0) is 53.9 Å². The Morgan fingerprint density at radius 2 is 1.68 bits per heavy atom. The highest BCUT2D eigenvalue weighted by Crippen LogP contribution is 2.44. The predicted molar refractivity (Wildman–Crippen MR) is 163 cm³/mol. The number of likely N-dealkylation sites (tertiary alicyclic amines) is 1. The second kappa shape index (κ2) is 10.5. The van der Waals surface area contributed by atoms with E-state index in [9.17, 15) is 9.59 Å². The second-order valence-electron chi connectivity index (χ2n) is 12.9. The van der Waals surface area contributed by atoms with Crippen molar-refractivity contribution in [3.8, 4) is 16.3 Å². The molecule has 3 heterocycles. The highest BCUT2D eigenvalue weighted by Gasteiger charge is 2.30. The van der Waals surface area contributed by atoms with Crippen molar-refractivity contribution in [2.75, 3.05) is 20.2 Å². The molecule has 212 valence electrons. The van der Waals surface area contributed by atoms with Gasteiger partial charge < -0.3 is 14.6 Å². The number of aromatic nitrogens is 3. The lowest BCUT2D eigenvalue weighted by molar-refractivity contribution is -0.132. The monoisotopic (exact) mass is 560 g/mol. The van der Waals surface area contributed by atoms with E-state index in [1.807, 2.05) is 35.4 Å². The topological polar surface area (TPSA) is 80.2 Å². The standard InChI is InChI=1S/C32H40N4O3S/c1-31(2,3)22-16-21(17-23(28(22)39-7)32(4,5)6)29-33-18-26(40-29)20-12-14-35(15-13-20)27(37)19-36-25-11-9-8-10-24(25)34-30(36)38/h8-11,16-18,20H,12-15,19H2,1-7H3,(H,34,38). The molecule has 0 saturated carbocycles. The lowest BCUT2D eigenvalue weighted by Crippen LogP contribution is -2.40. The van der Waals surface area contributed by atoms with Crippen molar-refractivity contribution in [2.45, 2.75) is 77.7 Å². The van der Waals surface area contributed by atoms with Crippen LogP contribution in [0.4, 0.5) is 0 Å². The van der Waals surface area contributed by atoms with Gasteiger partial charge >= 0.3 is 5.69 Å². The van der Waals surface area contributed by atoms with Crippen LogP contribution >= 0.6 is 11.3 Å². The number of nitrogens with zero attached hydrogens (tertiary/aromatic N) is 3. The number of benzene rings is 2. The van der Waals surface area contributed by atoms with Gasteiger partial charge in [0.2, 0.25) is 5.91 Å². The summed E-state index contributed by atoms with van der Waals surface area (Å²) in [7, 11) is 1.76. The van der Waals surface area contributed by atoms with Crippen molar-refractivity contribution in [1.82, 2.24) is 19.4 Å². The highest BCUT2D eigenvalue weighted by molar-refractivity contribution is 7.15. The van der Waals surface area contributed by atoms with Gasteiger partial charge in [-0.2, -0.15) is 0 Å². The zero-order valence-corrected chi connectivity index (χ0v) is 25.4.